The first-order valence-electron chi connectivity index (χ1n) is 5.99. The Balaban J connectivity index is 1.95. The zero-order valence-corrected chi connectivity index (χ0v) is 11.3. The number of alkyl halides is 1. The third-order valence-corrected chi connectivity index (χ3v) is 5.79. The second-order valence-corrected chi connectivity index (χ2v) is 6.43. The normalized spacial score (nSPS) is 37.7. The van der Waals surface area contributed by atoms with E-state index >= 15 is 0 Å². The van der Waals surface area contributed by atoms with Crippen LogP contribution in [0.25, 0.3) is 0 Å². The largest absolute Gasteiger partial charge is 0.299 e. The van der Waals surface area contributed by atoms with E-state index < -0.39 is 0 Å². The molecule has 0 amide bonds. The molecule has 4 rings (SSSR count). The zero-order chi connectivity index (χ0) is 11.1. The van der Waals surface area contributed by atoms with Crippen LogP contribution in [0, 0.1) is 11.8 Å². The molecule has 2 bridgehead atoms. The van der Waals surface area contributed by atoms with Crippen LogP contribution in [-0.4, -0.2) is 9.71 Å². The van der Waals surface area contributed by atoms with E-state index in [0.717, 1.165) is 12.8 Å². The van der Waals surface area contributed by atoms with E-state index in [0.29, 0.717) is 27.5 Å². The molecule has 0 spiro atoms. The number of hydrogen-bond donors (Lipinski definition) is 0. The maximum atomic E-state index is 11.8. The molecule has 3 aliphatic rings. The van der Waals surface area contributed by atoms with E-state index in [1.807, 2.05) is 0 Å². The minimum Gasteiger partial charge on any atom is -0.299 e. The van der Waals surface area contributed by atoms with Crippen molar-refractivity contribution in [3.8, 4) is 0 Å². The number of hydrogen-bond acceptors (Lipinski definition) is 1. The molecule has 1 aromatic carbocycles. The van der Waals surface area contributed by atoms with Gasteiger partial charge in [-0.2, -0.15) is 0 Å². The van der Waals surface area contributed by atoms with Crippen molar-refractivity contribution in [3.05, 3.63) is 35.9 Å². The van der Waals surface area contributed by atoms with Crippen LogP contribution in [-0.2, 0) is 4.79 Å². The molecule has 3 saturated carbocycles. The number of rotatable bonds is 1. The van der Waals surface area contributed by atoms with Gasteiger partial charge in [0.2, 0.25) is 0 Å². The monoisotopic (exact) mass is 326 g/mol. The van der Waals surface area contributed by atoms with Crippen LogP contribution < -0.4 is 0 Å². The Labute approximate surface area is 110 Å². The molecule has 84 valence electrons. The molecule has 0 aromatic heterocycles. The molecule has 16 heavy (non-hydrogen) atoms. The van der Waals surface area contributed by atoms with Crippen molar-refractivity contribution in [1.82, 2.24) is 0 Å². The number of Topliss-reactive ketones (excluding diaryl/α,β-unsaturated/α-hetero) is 1. The Hall–Kier alpha value is -0.380. The molecule has 0 aliphatic heterocycles. The van der Waals surface area contributed by atoms with Gasteiger partial charge < -0.3 is 0 Å². The SMILES string of the molecule is O=C1CC2CCC1C(I)C2c1ccccc1. The lowest BCUT2D eigenvalue weighted by atomic mass is 9.62. The topological polar surface area (TPSA) is 17.1 Å². The lowest BCUT2D eigenvalue weighted by molar-refractivity contribution is -0.129. The highest BCUT2D eigenvalue weighted by molar-refractivity contribution is 14.1. The van der Waals surface area contributed by atoms with E-state index in [1.54, 1.807) is 0 Å². The number of ketones is 1. The predicted octanol–water partition coefficient (Wildman–Crippen LogP) is 3.57. The molecule has 0 saturated heterocycles. The van der Waals surface area contributed by atoms with Crippen molar-refractivity contribution >= 4 is 28.4 Å². The third-order valence-electron chi connectivity index (χ3n) is 4.15. The highest BCUT2D eigenvalue weighted by Gasteiger charge is 2.47. The fourth-order valence-electron chi connectivity index (χ4n) is 3.35. The van der Waals surface area contributed by atoms with Gasteiger partial charge in [0.05, 0.1) is 0 Å². The van der Waals surface area contributed by atoms with Crippen molar-refractivity contribution in [2.45, 2.75) is 29.1 Å². The van der Waals surface area contributed by atoms with Crippen LogP contribution in [0.15, 0.2) is 30.3 Å². The van der Waals surface area contributed by atoms with Gasteiger partial charge in [0.15, 0.2) is 0 Å². The molecular formula is C14H15IO. The zero-order valence-electron chi connectivity index (χ0n) is 9.10. The Morgan fingerprint density at radius 3 is 2.50 bits per heavy atom. The first-order valence-corrected chi connectivity index (χ1v) is 7.23. The second kappa shape index (κ2) is 4.13. The molecule has 1 nitrogen and oxygen atoms in total. The predicted molar refractivity (Wildman–Crippen MR) is 72.8 cm³/mol. The summed E-state index contributed by atoms with van der Waals surface area (Å²) in [4.78, 5) is 11.8. The van der Waals surface area contributed by atoms with Crippen LogP contribution >= 0.6 is 22.6 Å². The van der Waals surface area contributed by atoms with Crippen LogP contribution in [0.5, 0.6) is 0 Å². The number of halogens is 1. The second-order valence-electron chi connectivity index (χ2n) is 5.00. The number of benzene rings is 1. The number of carbonyl (C=O) groups excluding carboxylic acids is 1. The Morgan fingerprint density at radius 1 is 1.12 bits per heavy atom. The fourth-order valence-corrected chi connectivity index (χ4v) is 5.11. The Morgan fingerprint density at radius 2 is 1.88 bits per heavy atom. The van der Waals surface area contributed by atoms with Gasteiger partial charge in [-0.15, -0.1) is 0 Å². The maximum absolute atomic E-state index is 11.8. The van der Waals surface area contributed by atoms with Gasteiger partial charge in [0, 0.05) is 16.3 Å². The first-order chi connectivity index (χ1) is 7.77. The summed E-state index contributed by atoms with van der Waals surface area (Å²) >= 11 is 2.51. The maximum Gasteiger partial charge on any atom is 0.137 e. The van der Waals surface area contributed by atoms with Gasteiger partial charge in [-0.3, -0.25) is 4.79 Å². The van der Waals surface area contributed by atoms with E-state index in [4.69, 9.17) is 0 Å². The van der Waals surface area contributed by atoms with E-state index in [1.165, 1.54) is 12.0 Å². The van der Waals surface area contributed by atoms with Gasteiger partial charge in [-0.25, -0.2) is 0 Å². The average Bonchev–Trinajstić information content (AvgIpc) is 2.30. The van der Waals surface area contributed by atoms with Gasteiger partial charge in [-0.05, 0) is 30.2 Å². The van der Waals surface area contributed by atoms with E-state index in [-0.39, 0.29) is 0 Å². The van der Waals surface area contributed by atoms with Crippen molar-refractivity contribution < 1.29 is 4.79 Å². The van der Waals surface area contributed by atoms with Crippen LogP contribution in [0.3, 0.4) is 0 Å². The van der Waals surface area contributed by atoms with Gasteiger partial charge in [0.1, 0.15) is 5.78 Å². The summed E-state index contributed by atoms with van der Waals surface area (Å²) in [6, 6.07) is 10.7. The van der Waals surface area contributed by atoms with Crippen molar-refractivity contribution in [1.29, 1.82) is 0 Å². The fraction of sp³-hybridized carbons (Fsp3) is 0.500. The van der Waals surface area contributed by atoms with Crippen molar-refractivity contribution in [3.63, 3.8) is 0 Å². The van der Waals surface area contributed by atoms with Gasteiger partial charge >= 0.3 is 0 Å². The molecule has 3 fully saturated rings. The summed E-state index contributed by atoms with van der Waals surface area (Å²) in [6.45, 7) is 0. The highest BCUT2D eigenvalue weighted by atomic mass is 127. The summed E-state index contributed by atoms with van der Waals surface area (Å²) < 4.78 is 0.514. The van der Waals surface area contributed by atoms with Crippen LogP contribution in [0.2, 0.25) is 0 Å². The average molecular weight is 326 g/mol. The van der Waals surface area contributed by atoms with Gasteiger partial charge in [0.25, 0.3) is 0 Å². The smallest absolute Gasteiger partial charge is 0.137 e. The molecule has 0 N–H and O–H groups in total. The number of fused-ring (bicyclic) bond motifs is 3. The summed E-state index contributed by atoms with van der Waals surface area (Å²) in [7, 11) is 0. The van der Waals surface area contributed by atoms with Gasteiger partial charge in [-0.1, -0.05) is 52.9 Å². The Bertz CT molecular complexity index is 398. The molecule has 0 radical (unpaired) electrons. The lowest BCUT2D eigenvalue weighted by Gasteiger charge is -2.45. The van der Waals surface area contributed by atoms with E-state index in [2.05, 4.69) is 52.9 Å². The quantitative estimate of drug-likeness (QED) is 0.570. The molecular weight excluding hydrogens is 311 g/mol. The number of carbonyl (C=O) groups is 1. The van der Waals surface area contributed by atoms with E-state index in [9.17, 15) is 4.79 Å². The molecule has 4 unspecified atom stereocenters. The Kier molecular flexibility index (Phi) is 2.78. The third kappa shape index (κ3) is 1.62. The molecule has 2 heteroatoms. The molecule has 0 heterocycles. The van der Waals surface area contributed by atoms with Crippen LogP contribution in [0.1, 0.15) is 30.7 Å². The van der Waals surface area contributed by atoms with Crippen LogP contribution in [0.4, 0.5) is 0 Å². The first kappa shape index (κ1) is 10.8. The minimum atomic E-state index is 0.329. The summed E-state index contributed by atoms with van der Waals surface area (Å²) in [5, 5.41) is 0. The highest BCUT2D eigenvalue weighted by Crippen LogP contribution is 2.51. The molecule has 4 atom stereocenters. The lowest BCUT2D eigenvalue weighted by Crippen LogP contribution is -2.44. The molecule has 3 aliphatic carbocycles. The summed E-state index contributed by atoms with van der Waals surface area (Å²) in [5.74, 6) is 2.05. The van der Waals surface area contributed by atoms with Crippen molar-refractivity contribution in [2.24, 2.45) is 11.8 Å². The molecule has 1 aromatic rings. The minimum absolute atomic E-state index is 0.329. The standard InChI is InChI=1S/C14H15IO/c15-14-11-7-6-10(8-12(11)16)13(14)9-4-2-1-3-5-9/h1-5,10-11,13-14H,6-8H2. The van der Waals surface area contributed by atoms with Crippen molar-refractivity contribution in [2.75, 3.05) is 0 Å². The summed E-state index contributed by atoms with van der Waals surface area (Å²) in [5.41, 5.74) is 1.43. The summed E-state index contributed by atoms with van der Waals surface area (Å²) in [6.07, 6.45) is 3.19.